The molecule has 0 saturated heterocycles. The number of amides is 1. The van der Waals surface area contributed by atoms with Gasteiger partial charge in [-0.05, 0) is 30.7 Å². The van der Waals surface area contributed by atoms with Crippen molar-refractivity contribution < 1.29 is 9.90 Å². The maximum absolute atomic E-state index is 10.9. The van der Waals surface area contributed by atoms with Crippen LogP contribution in [0.3, 0.4) is 0 Å². The summed E-state index contributed by atoms with van der Waals surface area (Å²) < 4.78 is 0. The van der Waals surface area contributed by atoms with Crippen molar-refractivity contribution in [1.29, 1.82) is 0 Å². The first-order valence-corrected chi connectivity index (χ1v) is 5.11. The molecule has 0 aliphatic rings. The van der Waals surface area contributed by atoms with Crippen LogP contribution >= 0.6 is 0 Å². The molecule has 0 atom stereocenters. The van der Waals surface area contributed by atoms with E-state index < -0.39 is 0 Å². The molecule has 0 spiro atoms. The van der Waals surface area contributed by atoms with Crippen LogP contribution in [-0.4, -0.2) is 17.6 Å². The number of rotatable bonds is 2. The van der Waals surface area contributed by atoms with Gasteiger partial charge in [-0.15, -0.1) is 0 Å². The van der Waals surface area contributed by atoms with Crippen LogP contribution in [0.5, 0.6) is 0 Å². The van der Waals surface area contributed by atoms with Crippen LogP contribution in [0, 0.1) is 18.8 Å². The van der Waals surface area contributed by atoms with Gasteiger partial charge in [0.05, 0.1) is 6.61 Å². The van der Waals surface area contributed by atoms with E-state index in [-0.39, 0.29) is 12.5 Å². The number of anilines is 1. The van der Waals surface area contributed by atoms with Crippen molar-refractivity contribution >= 4 is 11.6 Å². The Hall–Kier alpha value is -1.79. The Morgan fingerprint density at radius 1 is 1.44 bits per heavy atom. The number of carbonyl (C=O) groups is 1. The lowest BCUT2D eigenvalue weighted by Gasteiger charge is -2.04. The Labute approximate surface area is 95.5 Å². The Morgan fingerprint density at radius 2 is 2.19 bits per heavy atom. The Balaban J connectivity index is 2.90. The molecular formula is C13H15NO2. The van der Waals surface area contributed by atoms with Crippen LogP contribution in [0.1, 0.15) is 24.5 Å². The SMILES string of the molecule is CC(=O)Nc1cc(C)cc(C#CCCO)c1. The molecule has 0 aliphatic carbocycles. The average molecular weight is 217 g/mol. The highest BCUT2D eigenvalue weighted by atomic mass is 16.2. The maximum atomic E-state index is 10.9. The molecule has 0 unspecified atom stereocenters. The summed E-state index contributed by atoms with van der Waals surface area (Å²) in [6, 6.07) is 5.65. The van der Waals surface area contributed by atoms with E-state index in [9.17, 15) is 4.79 Å². The van der Waals surface area contributed by atoms with Crippen molar-refractivity contribution in [1.82, 2.24) is 0 Å². The number of hydrogen-bond donors (Lipinski definition) is 2. The topological polar surface area (TPSA) is 49.3 Å². The zero-order chi connectivity index (χ0) is 12.0. The number of nitrogens with one attached hydrogen (secondary N) is 1. The van der Waals surface area contributed by atoms with Crippen molar-refractivity contribution in [3.8, 4) is 11.8 Å². The summed E-state index contributed by atoms with van der Waals surface area (Å²) in [5.74, 6) is 5.69. The largest absolute Gasteiger partial charge is 0.395 e. The predicted molar refractivity (Wildman–Crippen MR) is 64.1 cm³/mol. The smallest absolute Gasteiger partial charge is 0.221 e. The lowest BCUT2D eigenvalue weighted by molar-refractivity contribution is -0.114. The molecule has 84 valence electrons. The highest BCUT2D eigenvalue weighted by Gasteiger charge is 1.98. The number of carbonyl (C=O) groups excluding carboxylic acids is 1. The third-order valence-corrected chi connectivity index (χ3v) is 1.87. The summed E-state index contributed by atoms with van der Waals surface area (Å²) in [7, 11) is 0. The molecule has 0 saturated carbocycles. The van der Waals surface area contributed by atoms with E-state index >= 15 is 0 Å². The molecule has 1 amide bonds. The molecule has 16 heavy (non-hydrogen) atoms. The fraction of sp³-hybridized carbons (Fsp3) is 0.308. The Kier molecular flexibility index (Phi) is 4.56. The molecule has 0 bridgehead atoms. The normalized spacial score (nSPS) is 9.19. The third kappa shape index (κ3) is 4.16. The first-order chi connectivity index (χ1) is 7.61. The standard InChI is InChI=1S/C13H15NO2/c1-10-7-12(5-3-4-6-15)9-13(8-10)14-11(2)16/h7-9,15H,4,6H2,1-2H3,(H,14,16). The molecule has 0 heterocycles. The van der Waals surface area contributed by atoms with Crippen LogP contribution in [0.15, 0.2) is 18.2 Å². The monoisotopic (exact) mass is 217 g/mol. The van der Waals surface area contributed by atoms with Gasteiger partial charge in [0.2, 0.25) is 5.91 Å². The highest BCUT2D eigenvalue weighted by Crippen LogP contribution is 2.13. The highest BCUT2D eigenvalue weighted by molar-refractivity contribution is 5.88. The maximum Gasteiger partial charge on any atom is 0.221 e. The summed E-state index contributed by atoms with van der Waals surface area (Å²) in [6.07, 6.45) is 0.462. The van der Waals surface area contributed by atoms with E-state index in [2.05, 4.69) is 17.2 Å². The minimum Gasteiger partial charge on any atom is -0.395 e. The molecule has 0 aromatic heterocycles. The van der Waals surface area contributed by atoms with Gasteiger partial charge >= 0.3 is 0 Å². The van der Waals surface area contributed by atoms with Gasteiger partial charge in [-0.2, -0.15) is 0 Å². The van der Waals surface area contributed by atoms with Gasteiger partial charge in [-0.3, -0.25) is 4.79 Å². The lowest BCUT2D eigenvalue weighted by atomic mass is 10.1. The molecular weight excluding hydrogens is 202 g/mol. The minimum absolute atomic E-state index is 0.0668. The first-order valence-electron chi connectivity index (χ1n) is 5.11. The van der Waals surface area contributed by atoms with Crippen molar-refractivity contribution in [2.24, 2.45) is 0 Å². The summed E-state index contributed by atoms with van der Waals surface area (Å²) in [6.45, 7) is 3.49. The fourth-order valence-electron chi connectivity index (χ4n) is 1.35. The van der Waals surface area contributed by atoms with E-state index in [1.54, 1.807) is 0 Å². The summed E-state index contributed by atoms with van der Waals surface area (Å²) in [5, 5.41) is 11.3. The van der Waals surface area contributed by atoms with Crippen molar-refractivity contribution in [2.75, 3.05) is 11.9 Å². The number of aryl methyl sites for hydroxylation is 1. The fourth-order valence-corrected chi connectivity index (χ4v) is 1.35. The molecule has 2 N–H and O–H groups in total. The zero-order valence-corrected chi connectivity index (χ0v) is 9.50. The Bertz CT molecular complexity index is 441. The van der Waals surface area contributed by atoms with Crippen molar-refractivity contribution in [3.05, 3.63) is 29.3 Å². The number of benzene rings is 1. The van der Waals surface area contributed by atoms with Crippen LogP contribution in [0.2, 0.25) is 0 Å². The molecule has 3 nitrogen and oxygen atoms in total. The molecule has 1 aromatic rings. The molecule has 0 fully saturated rings. The molecule has 0 radical (unpaired) electrons. The summed E-state index contributed by atoms with van der Waals surface area (Å²) in [4.78, 5) is 10.9. The van der Waals surface area contributed by atoms with Gasteiger partial charge in [0, 0.05) is 24.6 Å². The van der Waals surface area contributed by atoms with E-state index in [4.69, 9.17) is 5.11 Å². The number of aliphatic hydroxyl groups excluding tert-OH is 1. The van der Waals surface area contributed by atoms with Gasteiger partial charge in [-0.1, -0.05) is 11.8 Å². The second-order valence-corrected chi connectivity index (χ2v) is 3.54. The quantitative estimate of drug-likeness (QED) is 0.740. The summed E-state index contributed by atoms with van der Waals surface area (Å²) >= 11 is 0. The van der Waals surface area contributed by atoms with E-state index in [1.807, 2.05) is 25.1 Å². The van der Waals surface area contributed by atoms with Gasteiger partial charge in [0.15, 0.2) is 0 Å². The van der Waals surface area contributed by atoms with E-state index in [0.29, 0.717) is 6.42 Å². The average Bonchev–Trinajstić information content (AvgIpc) is 2.16. The van der Waals surface area contributed by atoms with Gasteiger partial charge in [0.1, 0.15) is 0 Å². The molecule has 3 heteroatoms. The predicted octanol–water partition coefficient (Wildman–Crippen LogP) is 1.69. The third-order valence-electron chi connectivity index (χ3n) is 1.87. The molecule has 1 rings (SSSR count). The molecule has 0 aliphatic heterocycles. The summed E-state index contributed by atoms with van der Waals surface area (Å²) in [5.41, 5.74) is 2.64. The second kappa shape index (κ2) is 5.94. The second-order valence-electron chi connectivity index (χ2n) is 3.54. The van der Waals surface area contributed by atoms with Gasteiger partial charge < -0.3 is 10.4 Å². The number of aliphatic hydroxyl groups is 1. The first kappa shape index (κ1) is 12.3. The van der Waals surface area contributed by atoms with Gasteiger partial charge in [0.25, 0.3) is 0 Å². The minimum atomic E-state index is -0.0973. The van der Waals surface area contributed by atoms with Crippen molar-refractivity contribution in [3.63, 3.8) is 0 Å². The van der Waals surface area contributed by atoms with Crippen molar-refractivity contribution in [2.45, 2.75) is 20.3 Å². The van der Waals surface area contributed by atoms with Crippen LogP contribution in [0.4, 0.5) is 5.69 Å². The van der Waals surface area contributed by atoms with E-state index in [0.717, 1.165) is 16.8 Å². The van der Waals surface area contributed by atoms with E-state index in [1.165, 1.54) is 6.92 Å². The number of hydrogen-bond acceptors (Lipinski definition) is 2. The van der Waals surface area contributed by atoms with Crippen LogP contribution in [-0.2, 0) is 4.79 Å². The Morgan fingerprint density at radius 3 is 2.81 bits per heavy atom. The zero-order valence-electron chi connectivity index (χ0n) is 9.50. The molecule has 1 aromatic carbocycles. The lowest BCUT2D eigenvalue weighted by Crippen LogP contribution is -2.05. The van der Waals surface area contributed by atoms with Crippen LogP contribution < -0.4 is 5.32 Å². The van der Waals surface area contributed by atoms with Gasteiger partial charge in [-0.25, -0.2) is 0 Å². The van der Waals surface area contributed by atoms with Crippen LogP contribution in [0.25, 0.3) is 0 Å².